The summed E-state index contributed by atoms with van der Waals surface area (Å²) in [7, 11) is 0. The second-order valence-electron chi connectivity index (χ2n) is 4.72. The summed E-state index contributed by atoms with van der Waals surface area (Å²) >= 11 is 2.04. The number of hydrogen-bond acceptors (Lipinski definition) is 3. The van der Waals surface area contributed by atoms with Crippen LogP contribution in [0.2, 0.25) is 0 Å². The summed E-state index contributed by atoms with van der Waals surface area (Å²) in [5.74, 6) is 2.51. The first-order chi connectivity index (χ1) is 7.68. The van der Waals surface area contributed by atoms with Crippen molar-refractivity contribution in [3.63, 3.8) is 0 Å². The first kappa shape index (κ1) is 16.3. The van der Waals surface area contributed by atoms with E-state index in [0.717, 1.165) is 19.4 Å². The molecule has 0 aliphatic heterocycles. The SMILES string of the molecule is CCCCSCCCC(C)(CO)NCCC. The van der Waals surface area contributed by atoms with E-state index in [1.807, 2.05) is 11.8 Å². The highest BCUT2D eigenvalue weighted by Crippen LogP contribution is 2.15. The average molecular weight is 247 g/mol. The number of hydrogen-bond donors (Lipinski definition) is 2. The maximum atomic E-state index is 9.38. The van der Waals surface area contributed by atoms with Crippen LogP contribution in [-0.2, 0) is 0 Å². The molecule has 1 atom stereocenters. The van der Waals surface area contributed by atoms with Crippen LogP contribution in [0.5, 0.6) is 0 Å². The number of aliphatic hydroxyl groups is 1. The second-order valence-corrected chi connectivity index (χ2v) is 5.94. The lowest BCUT2D eigenvalue weighted by Crippen LogP contribution is -2.46. The molecule has 0 amide bonds. The van der Waals surface area contributed by atoms with E-state index in [2.05, 4.69) is 26.1 Å². The van der Waals surface area contributed by atoms with Crippen molar-refractivity contribution in [1.82, 2.24) is 5.32 Å². The van der Waals surface area contributed by atoms with E-state index >= 15 is 0 Å². The third-order valence-electron chi connectivity index (χ3n) is 2.81. The number of nitrogens with one attached hydrogen (secondary N) is 1. The van der Waals surface area contributed by atoms with Crippen LogP contribution >= 0.6 is 11.8 Å². The summed E-state index contributed by atoms with van der Waals surface area (Å²) < 4.78 is 0. The predicted octanol–water partition coefficient (Wildman–Crippen LogP) is 3.05. The average Bonchev–Trinajstić information content (AvgIpc) is 2.31. The van der Waals surface area contributed by atoms with E-state index < -0.39 is 0 Å². The molecule has 0 spiro atoms. The minimum Gasteiger partial charge on any atom is -0.394 e. The van der Waals surface area contributed by atoms with Gasteiger partial charge < -0.3 is 10.4 Å². The molecule has 3 heteroatoms. The van der Waals surface area contributed by atoms with Crippen LogP contribution in [-0.4, -0.2) is 35.3 Å². The van der Waals surface area contributed by atoms with Crippen LogP contribution < -0.4 is 5.32 Å². The second kappa shape index (κ2) is 10.4. The van der Waals surface area contributed by atoms with Crippen LogP contribution in [0.1, 0.15) is 52.9 Å². The fraction of sp³-hybridized carbons (Fsp3) is 1.00. The molecule has 16 heavy (non-hydrogen) atoms. The number of aliphatic hydroxyl groups excluding tert-OH is 1. The van der Waals surface area contributed by atoms with Gasteiger partial charge in [0.05, 0.1) is 6.61 Å². The normalized spacial score (nSPS) is 15.0. The standard InChI is InChI=1S/C13H29NOS/c1-4-6-10-16-11-7-8-13(3,12-15)14-9-5-2/h14-15H,4-12H2,1-3H3. The van der Waals surface area contributed by atoms with Gasteiger partial charge in [-0.05, 0) is 50.7 Å². The lowest BCUT2D eigenvalue weighted by atomic mass is 9.97. The smallest absolute Gasteiger partial charge is 0.0610 e. The molecule has 0 aliphatic rings. The molecular weight excluding hydrogens is 218 g/mol. The zero-order valence-electron chi connectivity index (χ0n) is 11.2. The summed E-state index contributed by atoms with van der Waals surface area (Å²) in [6.45, 7) is 7.76. The molecule has 0 aromatic carbocycles. The molecule has 98 valence electrons. The molecular formula is C13H29NOS. The minimum absolute atomic E-state index is 0.0681. The lowest BCUT2D eigenvalue weighted by molar-refractivity contribution is 0.165. The van der Waals surface area contributed by atoms with Crippen molar-refractivity contribution in [3.8, 4) is 0 Å². The lowest BCUT2D eigenvalue weighted by Gasteiger charge is -2.28. The molecule has 0 rings (SSSR count). The van der Waals surface area contributed by atoms with Crippen LogP contribution in [0.15, 0.2) is 0 Å². The van der Waals surface area contributed by atoms with Gasteiger partial charge in [-0.15, -0.1) is 0 Å². The number of unbranched alkanes of at least 4 members (excludes halogenated alkanes) is 1. The minimum atomic E-state index is -0.0681. The van der Waals surface area contributed by atoms with Crippen LogP contribution in [0.4, 0.5) is 0 Å². The number of rotatable bonds is 11. The van der Waals surface area contributed by atoms with E-state index in [0.29, 0.717) is 0 Å². The molecule has 0 heterocycles. The molecule has 0 aromatic rings. The number of thioether (sulfide) groups is 1. The topological polar surface area (TPSA) is 32.3 Å². The molecule has 0 saturated carbocycles. The fourth-order valence-corrected chi connectivity index (χ4v) is 2.61. The van der Waals surface area contributed by atoms with E-state index in [-0.39, 0.29) is 12.1 Å². The third-order valence-corrected chi connectivity index (χ3v) is 3.96. The maximum Gasteiger partial charge on any atom is 0.0610 e. The van der Waals surface area contributed by atoms with Gasteiger partial charge in [-0.3, -0.25) is 0 Å². The zero-order valence-corrected chi connectivity index (χ0v) is 12.0. The Morgan fingerprint density at radius 1 is 1.12 bits per heavy atom. The molecule has 0 radical (unpaired) electrons. The Labute approximate surface area is 106 Å². The Hall–Kier alpha value is 0.270. The third kappa shape index (κ3) is 8.43. The molecule has 0 bridgehead atoms. The van der Waals surface area contributed by atoms with Crippen molar-refractivity contribution < 1.29 is 5.11 Å². The zero-order chi connectivity index (χ0) is 12.3. The summed E-state index contributed by atoms with van der Waals surface area (Å²) in [5.41, 5.74) is -0.0681. The molecule has 2 N–H and O–H groups in total. The predicted molar refractivity (Wildman–Crippen MR) is 75.3 cm³/mol. The highest BCUT2D eigenvalue weighted by Gasteiger charge is 2.21. The molecule has 0 saturated heterocycles. The van der Waals surface area contributed by atoms with Crippen molar-refractivity contribution in [3.05, 3.63) is 0 Å². The van der Waals surface area contributed by atoms with Gasteiger partial charge >= 0.3 is 0 Å². The molecule has 0 fully saturated rings. The highest BCUT2D eigenvalue weighted by molar-refractivity contribution is 7.99. The largest absolute Gasteiger partial charge is 0.394 e. The van der Waals surface area contributed by atoms with Crippen LogP contribution in [0.25, 0.3) is 0 Å². The Bertz CT molecular complexity index is 155. The highest BCUT2D eigenvalue weighted by atomic mass is 32.2. The van der Waals surface area contributed by atoms with Gasteiger partial charge in [-0.1, -0.05) is 20.3 Å². The van der Waals surface area contributed by atoms with Gasteiger partial charge in [-0.2, -0.15) is 11.8 Å². The Morgan fingerprint density at radius 3 is 2.38 bits per heavy atom. The summed E-state index contributed by atoms with van der Waals surface area (Å²) in [5, 5.41) is 12.8. The Balaban J connectivity index is 3.53. The van der Waals surface area contributed by atoms with Crippen LogP contribution in [0.3, 0.4) is 0 Å². The Kier molecular flexibility index (Phi) is 10.6. The van der Waals surface area contributed by atoms with E-state index in [1.54, 1.807) is 0 Å². The van der Waals surface area contributed by atoms with Gasteiger partial charge in [0.25, 0.3) is 0 Å². The van der Waals surface area contributed by atoms with Crippen molar-refractivity contribution >= 4 is 11.8 Å². The Morgan fingerprint density at radius 2 is 1.81 bits per heavy atom. The van der Waals surface area contributed by atoms with Crippen molar-refractivity contribution in [2.75, 3.05) is 24.7 Å². The summed E-state index contributed by atoms with van der Waals surface area (Å²) in [6, 6.07) is 0. The van der Waals surface area contributed by atoms with E-state index in [4.69, 9.17) is 0 Å². The van der Waals surface area contributed by atoms with E-state index in [9.17, 15) is 5.11 Å². The summed E-state index contributed by atoms with van der Waals surface area (Å²) in [6.07, 6.45) is 6.01. The van der Waals surface area contributed by atoms with Crippen molar-refractivity contribution in [2.45, 2.75) is 58.4 Å². The molecule has 1 unspecified atom stereocenters. The first-order valence-corrected chi connectivity index (χ1v) is 7.77. The first-order valence-electron chi connectivity index (χ1n) is 6.62. The van der Waals surface area contributed by atoms with E-state index in [1.165, 1.54) is 30.8 Å². The maximum absolute atomic E-state index is 9.38. The fourth-order valence-electron chi connectivity index (χ4n) is 1.56. The molecule has 2 nitrogen and oxygen atoms in total. The van der Waals surface area contributed by atoms with Gasteiger partial charge in [-0.25, -0.2) is 0 Å². The quantitative estimate of drug-likeness (QED) is 0.550. The molecule has 0 aromatic heterocycles. The summed E-state index contributed by atoms with van der Waals surface area (Å²) in [4.78, 5) is 0. The monoisotopic (exact) mass is 247 g/mol. The van der Waals surface area contributed by atoms with Crippen LogP contribution in [0, 0.1) is 0 Å². The van der Waals surface area contributed by atoms with Gasteiger partial charge in [0, 0.05) is 5.54 Å². The van der Waals surface area contributed by atoms with Crippen molar-refractivity contribution in [1.29, 1.82) is 0 Å². The van der Waals surface area contributed by atoms with Gasteiger partial charge in [0.2, 0.25) is 0 Å². The van der Waals surface area contributed by atoms with Gasteiger partial charge in [0.15, 0.2) is 0 Å². The van der Waals surface area contributed by atoms with Gasteiger partial charge in [0.1, 0.15) is 0 Å². The van der Waals surface area contributed by atoms with Crippen molar-refractivity contribution in [2.24, 2.45) is 0 Å². The molecule has 0 aliphatic carbocycles.